The van der Waals surface area contributed by atoms with Crippen LogP contribution >= 0.6 is 0 Å². The third-order valence-corrected chi connectivity index (χ3v) is 1.74. The standard InChI is InChI=1S/C10H14N/c1-3-11-9(2)10-7-5-4-6-8-10/h4-9H,3H2,1-2H3/t9-/m1/s1. The fourth-order valence-electron chi connectivity index (χ4n) is 1.11. The van der Waals surface area contributed by atoms with Crippen LogP contribution in [-0.4, -0.2) is 6.54 Å². The van der Waals surface area contributed by atoms with Crippen molar-refractivity contribution in [3.63, 3.8) is 0 Å². The maximum Gasteiger partial charge on any atom is 0.0467 e. The van der Waals surface area contributed by atoms with E-state index < -0.39 is 0 Å². The fourth-order valence-corrected chi connectivity index (χ4v) is 1.11. The topological polar surface area (TPSA) is 14.1 Å². The van der Waals surface area contributed by atoms with Crippen molar-refractivity contribution in [2.45, 2.75) is 19.9 Å². The Hall–Kier alpha value is -0.820. The molecule has 1 heteroatoms. The zero-order valence-corrected chi connectivity index (χ0v) is 7.12. The van der Waals surface area contributed by atoms with E-state index in [4.69, 9.17) is 0 Å². The van der Waals surface area contributed by atoms with E-state index in [2.05, 4.69) is 43.4 Å². The lowest BCUT2D eigenvalue weighted by Crippen LogP contribution is -2.09. The molecule has 1 rings (SSSR count). The molecule has 11 heavy (non-hydrogen) atoms. The summed E-state index contributed by atoms with van der Waals surface area (Å²) in [7, 11) is 0. The summed E-state index contributed by atoms with van der Waals surface area (Å²) in [6, 6.07) is 10.7. The molecule has 1 aromatic rings. The van der Waals surface area contributed by atoms with Crippen LogP contribution in [0.2, 0.25) is 0 Å². The zero-order chi connectivity index (χ0) is 8.10. The lowest BCUT2D eigenvalue weighted by atomic mass is 10.1. The maximum absolute atomic E-state index is 4.39. The SMILES string of the molecule is CC[N][C@H](C)c1ccccc1. The Morgan fingerprint density at radius 1 is 1.27 bits per heavy atom. The molecule has 0 aliphatic heterocycles. The van der Waals surface area contributed by atoms with E-state index in [1.54, 1.807) is 0 Å². The van der Waals surface area contributed by atoms with Crippen LogP contribution in [0.25, 0.3) is 0 Å². The van der Waals surface area contributed by atoms with Gasteiger partial charge < -0.3 is 0 Å². The zero-order valence-electron chi connectivity index (χ0n) is 7.12. The first kappa shape index (κ1) is 8.28. The molecule has 1 nitrogen and oxygen atoms in total. The normalized spacial score (nSPS) is 12.9. The summed E-state index contributed by atoms with van der Waals surface area (Å²) in [5.41, 5.74) is 1.30. The van der Waals surface area contributed by atoms with Crippen molar-refractivity contribution in [2.75, 3.05) is 6.54 Å². The summed E-state index contributed by atoms with van der Waals surface area (Å²) in [4.78, 5) is 0. The molecule has 0 aromatic heterocycles. The van der Waals surface area contributed by atoms with Crippen LogP contribution < -0.4 is 5.32 Å². The van der Waals surface area contributed by atoms with E-state index in [1.165, 1.54) is 5.56 Å². The molecule has 0 aliphatic rings. The van der Waals surface area contributed by atoms with E-state index in [0.717, 1.165) is 6.54 Å². The van der Waals surface area contributed by atoms with Gasteiger partial charge in [0.1, 0.15) is 0 Å². The van der Waals surface area contributed by atoms with Crippen LogP contribution in [0, 0.1) is 0 Å². The summed E-state index contributed by atoms with van der Waals surface area (Å²) in [6.45, 7) is 5.09. The number of hydrogen-bond donors (Lipinski definition) is 0. The predicted octanol–water partition coefficient (Wildman–Crippen LogP) is 2.37. The highest BCUT2D eigenvalue weighted by molar-refractivity contribution is 5.17. The molecule has 0 spiro atoms. The van der Waals surface area contributed by atoms with Gasteiger partial charge in [0.05, 0.1) is 0 Å². The summed E-state index contributed by atoms with van der Waals surface area (Å²) in [5.74, 6) is 0. The van der Waals surface area contributed by atoms with Crippen LogP contribution in [0.4, 0.5) is 0 Å². The monoisotopic (exact) mass is 148 g/mol. The third kappa shape index (κ3) is 2.35. The summed E-state index contributed by atoms with van der Waals surface area (Å²) in [5, 5.41) is 4.39. The Morgan fingerprint density at radius 3 is 2.45 bits per heavy atom. The average molecular weight is 148 g/mol. The maximum atomic E-state index is 4.39. The smallest absolute Gasteiger partial charge is 0.0467 e. The molecule has 0 saturated carbocycles. The van der Waals surface area contributed by atoms with Crippen LogP contribution in [0.5, 0.6) is 0 Å². The van der Waals surface area contributed by atoms with Crippen LogP contribution in [0.15, 0.2) is 30.3 Å². The van der Waals surface area contributed by atoms with Gasteiger partial charge in [-0.2, -0.15) is 0 Å². The molecule has 1 aromatic carbocycles. The summed E-state index contributed by atoms with van der Waals surface area (Å²) < 4.78 is 0. The first-order chi connectivity index (χ1) is 5.34. The van der Waals surface area contributed by atoms with E-state index in [0.29, 0.717) is 6.04 Å². The van der Waals surface area contributed by atoms with Crippen molar-refractivity contribution in [3.05, 3.63) is 35.9 Å². The number of rotatable bonds is 3. The van der Waals surface area contributed by atoms with E-state index in [-0.39, 0.29) is 0 Å². The number of benzene rings is 1. The lowest BCUT2D eigenvalue weighted by Gasteiger charge is -2.09. The van der Waals surface area contributed by atoms with Crippen LogP contribution in [0.3, 0.4) is 0 Å². The van der Waals surface area contributed by atoms with Gasteiger partial charge in [0.15, 0.2) is 0 Å². The second-order valence-electron chi connectivity index (χ2n) is 2.59. The van der Waals surface area contributed by atoms with Crippen molar-refractivity contribution < 1.29 is 0 Å². The van der Waals surface area contributed by atoms with Gasteiger partial charge in [-0.05, 0) is 12.5 Å². The molecule has 0 unspecified atom stereocenters. The van der Waals surface area contributed by atoms with Crippen molar-refractivity contribution in [1.29, 1.82) is 0 Å². The highest BCUT2D eigenvalue weighted by Crippen LogP contribution is 2.11. The number of hydrogen-bond acceptors (Lipinski definition) is 0. The molecule has 0 aliphatic carbocycles. The second-order valence-corrected chi connectivity index (χ2v) is 2.59. The minimum Gasteiger partial charge on any atom is -0.234 e. The van der Waals surface area contributed by atoms with Gasteiger partial charge >= 0.3 is 0 Å². The van der Waals surface area contributed by atoms with Gasteiger partial charge in [-0.15, -0.1) is 0 Å². The molecule has 59 valence electrons. The van der Waals surface area contributed by atoms with Crippen molar-refractivity contribution >= 4 is 0 Å². The van der Waals surface area contributed by atoms with E-state index >= 15 is 0 Å². The Morgan fingerprint density at radius 2 is 1.91 bits per heavy atom. The molecule has 0 amide bonds. The quantitative estimate of drug-likeness (QED) is 0.625. The lowest BCUT2D eigenvalue weighted by molar-refractivity contribution is 0.584. The molecule has 0 bridgehead atoms. The highest BCUT2D eigenvalue weighted by atomic mass is 14.9. The molecule has 0 N–H and O–H groups in total. The van der Waals surface area contributed by atoms with Gasteiger partial charge in [-0.1, -0.05) is 37.3 Å². The van der Waals surface area contributed by atoms with Crippen molar-refractivity contribution in [2.24, 2.45) is 0 Å². The van der Waals surface area contributed by atoms with E-state index in [1.807, 2.05) is 6.07 Å². The molecular weight excluding hydrogens is 134 g/mol. The van der Waals surface area contributed by atoms with E-state index in [9.17, 15) is 0 Å². The number of nitrogens with zero attached hydrogens (tertiary/aromatic N) is 1. The fraction of sp³-hybridized carbons (Fsp3) is 0.400. The summed E-state index contributed by atoms with van der Waals surface area (Å²) >= 11 is 0. The minimum absolute atomic E-state index is 0.348. The highest BCUT2D eigenvalue weighted by Gasteiger charge is 2.01. The second kappa shape index (κ2) is 4.14. The predicted molar refractivity (Wildman–Crippen MR) is 47.5 cm³/mol. The Kier molecular flexibility index (Phi) is 3.12. The molecule has 0 saturated heterocycles. The molecule has 1 radical (unpaired) electrons. The van der Waals surface area contributed by atoms with Crippen LogP contribution in [-0.2, 0) is 0 Å². The Bertz CT molecular complexity index is 193. The molecular formula is C10H14N. The molecule has 0 heterocycles. The summed E-state index contributed by atoms with van der Waals surface area (Å²) in [6.07, 6.45) is 0. The van der Waals surface area contributed by atoms with Gasteiger partial charge in [0.2, 0.25) is 0 Å². The molecule has 0 fully saturated rings. The first-order valence-electron chi connectivity index (χ1n) is 4.06. The average Bonchev–Trinajstić information content (AvgIpc) is 2.07. The van der Waals surface area contributed by atoms with Crippen molar-refractivity contribution in [3.8, 4) is 0 Å². The first-order valence-corrected chi connectivity index (χ1v) is 4.06. The Balaban J connectivity index is 2.61. The Labute approximate surface area is 68.4 Å². The largest absolute Gasteiger partial charge is 0.234 e. The molecule has 1 atom stereocenters. The van der Waals surface area contributed by atoms with Crippen molar-refractivity contribution in [1.82, 2.24) is 5.32 Å². The third-order valence-electron chi connectivity index (χ3n) is 1.74. The van der Waals surface area contributed by atoms with Gasteiger partial charge in [-0.3, -0.25) is 0 Å². The van der Waals surface area contributed by atoms with Crippen LogP contribution in [0.1, 0.15) is 25.5 Å². The van der Waals surface area contributed by atoms with Gasteiger partial charge in [0.25, 0.3) is 0 Å². The van der Waals surface area contributed by atoms with Gasteiger partial charge in [0, 0.05) is 12.6 Å². The minimum atomic E-state index is 0.348. The van der Waals surface area contributed by atoms with Gasteiger partial charge in [-0.25, -0.2) is 5.32 Å².